The first-order chi connectivity index (χ1) is 11.2. The third kappa shape index (κ3) is 3.15. The van der Waals surface area contributed by atoms with Crippen LogP contribution < -0.4 is 4.57 Å². The summed E-state index contributed by atoms with van der Waals surface area (Å²) in [6.45, 7) is -0.568. The van der Waals surface area contributed by atoms with Crippen molar-refractivity contribution < 1.29 is 38.4 Å². The van der Waals surface area contributed by atoms with Crippen molar-refractivity contribution in [2.75, 3.05) is 6.61 Å². The molecule has 1 aliphatic heterocycles. The number of aliphatic hydroxyl groups is 2. The van der Waals surface area contributed by atoms with Crippen molar-refractivity contribution in [3.8, 4) is 0 Å². The lowest BCUT2D eigenvalue weighted by molar-refractivity contribution is -0.745. The Kier molecular flexibility index (Phi) is 4.57. The van der Waals surface area contributed by atoms with Crippen LogP contribution in [0.1, 0.15) is 6.23 Å². The van der Waals surface area contributed by atoms with E-state index in [1.54, 1.807) is 17.9 Å². The first-order valence-corrected chi connectivity index (χ1v) is 8.78. The largest absolute Gasteiger partial charge is 0.469 e. The predicted octanol–water partition coefficient (Wildman–Crippen LogP) is -1.35. The van der Waals surface area contributed by atoms with Crippen molar-refractivity contribution >= 4 is 31.2 Å². The number of aliphatic hydroxyl groups excluding tert-OH is 2. The van der Waals surface area contributed by atoms with Gasteiger partial charge in [0.1, 0.15) is 18.3 Å². The van der Waals surface area contributed by atoms with E-state index in [4.69, 9.17) is 26.7 Å². The Morgan fingerprint density at radius 2 is 2.21 bits per heavy atom. The second-order valence-corrected chi connectivity index (χ2v) is 7.00. The van der Waals surface area contributed by atoms with Gasteiger partial charge in [-0.05, 0) is 0 Å². The highest BCUT2D eigenvalue weighted by molar-refractivity contribution is 7.71. The molecule has 132 valence electrons. The molecular formula is C11H16N4O7PS+. The monoisotopic (exact) mass is 379 g/mol. The lowest BCUT2D eigenvalue weighted by Crippen LogP contribution is -2.45. The van der Waals surface area contributed by atoms with Gasteiger partial charge >= 0.3 is 7.82 Å². The molecule has 5 N–H and O–H groups in total. The number of nitrogens with zero attached hydrogens (tertiary/aromatic N) is 3. The van der Waals surface area contributed by atoms with E-state index in [2.05, 4.69) is 14.5 Å². The molecule has 2 aromatic heterocycles. The molecule has 0 aromatic carbocycles. The molecule has 11 nitrogen and oxygen atoms in total. The first kappa shape index (κ1) is 17.6. The second-order valence-electron chi connectivity index (χ2n) is 5.37. The average molecular weight is 379 g/mol. The number of aromatic amines is 1. The molecule has 1 saturated heterocycles. The molecule has 0 amide bonds. The topological polar surface area (TPSA) is 154 Å². The molecule has 4 atom stereocenters. The van der Waals surface area contributed by atoms with Crippen LogP contribution in [-0.4, -0.2) is 59.5 Å². The number of imidazole rings is 1. The maximum Gasteiger partial charge on any atom is 0.469 e. The number of H-pyrrole nitrogens is 1. The van der Waals surface area contributed by atoms with Crippen LogP contribution in [0.3, 0.4) is 0 Å². The molecule has 13 heteroatoms. The third-order valence-corrected chi connectivity index (χ3v) is 4.52. The summed E-state index contributed by atoms with van der Waals surface area (Å²) < 4.78 is 24.2. The van der Waals surface area contributed by atoms with E-state index in [-0.39, 0.29) is 0 Å². The van der Waals surface area contributed by atoms with Crippen molar-refractivity contribution in [2.45, 2.75) is 24.5 Å². The smallest absolute Gasteiger partial charge is 0.387 e. The number of phosphoric acid groups is 1. The number of aryl methyl sites for hydroxylation is 1. The SMILES string of the molecule is Cn1c[n+](C2OC(COP(=O)(O)O)C(O)C2O)c2[nH]cnc(=S)c21. The van der Waals surface area contributed by atoms with Crippen LogP contribution in [0.2, 0.25) is 0 Å². The number of rotatable bonds is 4. The normalized spacial score (nSPS) is 27.9. The summed E-state index contributed by atoms with van der Waals surface area (Å²) in [6, 6.07) is 0. The van der Waals surface area contributed by atoms with Gasteiger partial charge in [0.15, 0.2) is 17.3 Å². The molecule has 1 aliphatic rings. The average Bonchev–Trinajstić information content (AvgIpc) is 2.96. The Morgan fingerprint density at radius 3 is 2.88 bits per heavy atom. The number of nitrogens with one attached hydrogen (secondary N) is 1. The zero-order chi connectivity index (χ0) is 17.6. The first-order valence-electron chi connectivity index (χ1n) is 6.84. The molecule has 2 aromatic rings. The van der Waals surface area contributed by atoms with Crippen molar-refractivity contribution in [1.29, 1.82) is 0 Å². The number of hydrogen-bond donors (Lipinski definition) is 5. The molecule has 4 unspecified atom stereocenters. The van der Waals surface area contributed by atoms with Crippen molar-refractivity contribution in [1.82, 2.24) is 14.5 Å². The zero-order valence-corrected chi connectivity index (χ0v) is 14.1. The summed E-state index contributed by atoms with van der Waals surface area (Å²) >= 11 is 5.16. The van der Waals surface area contributed by atoms with Gasteiger partial charge in [0, 0.05) is 0 Å². The minimum Gasteiger partial charge on any atom is -0.387 e. The molecule has 3 heterocycles. The Balaban J connectivity index is 1.92. The highest BCUT2D eigenvalue weighted by Crippen LogP contribution is 2.37. The van der Waals surface area contributed by atoms with Crippen LogP contribution in [0.5, 0.6) is 0 Å². The fourth-order valence-corrected chi connectivity index (χ4v) is 3.29. The van der Waals surface area contributed by atoms with Gasteiger partial charge in [0.25, 0.3) is 5.65 Å². The maximum absolute atomic E-state index is 10.8. The summed E-state index contributed by atoms with van der Waals surface area (Å²) in [4.78, 5) is 24.4. The lowest BCUT2D eigenvalue weighted by Gasteiger charge is -2.14. The van der Waals surface area contributed by atoms with E-state index < -0.39 is 39.0 Å². The molecule has 0 spiro atoms. The van der Waals surface area contributed by atoms with Crippen LogP contribution in [0.25, 0.3) is 11.2 Å². The van der Waals surface area contributed by atoms with Gasteiger partial charge in [-0.25, -0.2) is 14.1 Å². The summed E-state index contributed by atoms with van der Waals surface area (Å²) in [6.07, 6.45) is -1.82. The van der Waals surface area contributed by atoms with E-state index in [0.717, 1.165) is 0 Å². The number of phosphoric ester groups is 1. The minimum atomic E-state index is -4.71. The maximum atomic E-state index is 10.8. The molecular weight excluding hydrogens is 363 g/mol. The Bertz CT molecular complexity index is 864. The van der Waals surface area contributed by atoms with Gasteiger partial charge in [-0.1, -0.05) is 12.2 Å². The van der Waals surface area contributed by atoms with Gasteiger partial charge in [-0.2, -0.15) is 0 Å². The van der Waals surface area contributed by atoms with Crippen LogP contribution in [0, 0.1) is 4.64 Å². The number of aromatic nitrogens is 4. The standard InChI is InChI=1S/C11H15N4O7PS/c1-14-4-15(9-6(14)10(24)13-3-12-9)11-8(17)7(16)5(22-11)2-21-23(18,19)20/h3-5,7-8,11,16-17H,2H2,1H3,(H2-,12,13,18,19,20,24)/p+1. The molecule has 24 heavy (non-hydrogen) atoms. The van der Waals surface area contributed by atoms with Crippen LogP contribution >= 0.6 is 20.0 Å². The summed E-state index contributed by atoms with van der Waals surface area (Å²) in [5.41, 5.74) is 1.12. The quantitative estimate of drug-likeness (QED) is 0.246. The number of fused-ring (bicyclic) bond motifs is 1. The molecule has 0 saturated carbocycles. The van der Waals surface area contributed by atoms with Gasteiger partial charge in [0.05, 0.1) is 13.7 Å². The van der Waals surface area contributed by atoms with Crippen LogP contribution in [0.15, 0.2) is 12.7 Å². The highest BCUT2D eigenvalue weighted by Gasteiger charge is 2.47. The van der Waals surface area contributed by atoms with E-state index >= 15 is 0 Å². The van der Waals surface area contributed by atoms with Crippen LogP contribution in [-0.2, 0) is 20.9 Å². The van der Waals surface area contributed by atoms with E-state index in [9.17, 15) is 14.8 Å². The number of ether oxygens (including phenoxy) is 1. The lowest BCUT2D eigenvalue weighted by atomic mass is 10.1. The van der Waals surface area contributed by atoms with Crippen molar-refractivity contribution in [3.05, 3.63) is 17.3 Å². The third-order valence-electron chi connectivity index (χ3n) is 3.74. The predicted molar refractivity (Wildman–Crippen MR) is 80.0 cm³/mol. The molecule has 0 radical (unpaired) electrons. The molecule has 0 bridgehead atoms. The van der Waals surface area contributed by atoms with Crippen molar-refractivity contribution in [3.63, 3.8) is 0 Å². The molecule has 3 rings (SSSR count). The number of hydrogen-bond acceptors (Lipinski definition) is 7. The van der Waals surface area contributed by atoms with Crippen LogP contribution in [0.4, 0.5) is 0 Å². The van der Waals surface area contributed by atoms with E-state index in [1.165, 1.54) is 10.9 Å². The van der Waals surface area contributed by atoms with Gasteiger partial charge in [-0.15, -0.1) is 0 Å². The zero-order valence-electron chi connectivity index (χ0n) is 12.4. The Hall–Kier alpha value is -1.24. The van der Waals surface area contributed by atoms with Gasteiger partial charge in [0.2, 0.25) is 11.7 Å². The Morgan fingerprint density at radius 1 is 1.50 bits per heavy atom. The van der Waals surface area contributed by atoms with Gasteiger partial charge in [-0.3, -0.25) is 14.1 Å². The molecule has 1 fully saturated rings. The second kappa shape index (κ2) is 6.24. The summed E-state index contributed by atoms with van der Waals surface area (Å²) in [5, 5.41) is 20.3. The summed E-state index contributed by atoms with van der Waals surface area (Å²) in [7, 11) is -2.98. The minimum absolute atomic E-state index is 0.347. The van der Waals surface area contributed by atoms with Gasteiger partial charge < -0.3 is 24.7 Å². The highest BCUT2D eigenvalue weighted by atomic mass is 32.1. The summed E-state index contributed by atoms with van der Waals surface area (Å²) in [5.74, 6) is 0. The van der Waals surface area contributed by atoms with E-state index in [0.29, 0.717) is 15.8 Å². The van der Waals surface area contributed by atoms with Crippen molar-refractivity contribution in [2.24, 2.45) is 7.05 Å². The Labute approximate surface area is 140 Å². The fourth-order valence-electron chi connectivity index (χ4n) is 2.66. The van der Waals surface area contributed by atoms with E-state index in [1.807, 2.05) is 0 Å². The molecule has 0 aliphatic carbocycles. The fraction of sp³-hybridized carbons (Fsp3) is 0.545.